The molecule has 38 heavy (non-hydrogen) atoms. The predicted octanol–water partition coefficient (Wildman–Crippen LogP) is 7.21. The van der Waals surface area contributed by atoms with Crippen LogP contribution < -0.4 is 14.8 Å². The molecule has 2 rings (SSSR count). The van der Waals surface area contributed by atoms with Crippen molar-refractivity contribution >= 4 is 21.6 Å². The van der Waals surface area contributed by atoms with Gasteiger partial charge in [0.2, 0.25) is 10.0 Å². The largest absolute Gasteiger partial charge is 0.454 e. The molecular formula is C30H49N3O4S. The van der Waals surface area contributed by atoms with Crippen molar-refractivity contribution in [1.29, 1.82) is 0 Å². The number of primary sulfonamides is 1. The first-order chi connectivity index (χ1) is 18.2. The Morgan fingerprint density at radius 1 is 0.842 bits per heavy atom. The van der Waals surface area contributed by atoms with E-state index in [-0.39, 0.29) is 16.6 Å². The number of carbonyl (C=O) groups excluding carboxylic acids is 1. The summed E-state index contributed by atoms with van der Waals surface area (Å²) in [5.74, 6) is 0.439. The van der Waals surface area contributed by atoms with Crippen LogP contribution in [0.1, 0.15) is 96.3 Å². The van der Waals surface area contributed by atoms with Gasteiger partial charge in [0.05, 0.1) is 5.69 Å². The van der Waals surface area contributed by atoms with Gasteiger partial charge < -0.3 is 14.5 Å². The molecule has 1 amide bonds. The van der Waals surface area contributed by atoms with Gasteiger partial charge in [-0.15, -0.1) is 0 Å². The number of ether oxygens (including phenoxy) is 1. The van der Waals surface area contributed by atoms with E-state index >= 15 is 0 Å². The van der Waals surface area contributed by atoms with Gasteiger partial charge in [0.15, 0.2) is 5.75 Å². The van der Waals surface area contributed by atoms with Gasteiger partial charge in [-0.05, 0) is 43.5 Å². The lowest BCUT2D eigenvalue weighted by Gasteiger charge is -2.29. The molecule has 0 atom stereocenters. The van der Waals surface area contributed by atoms with E-state index in [4.69, 9.17) is 9.88 Å². The summed E-state index contributed by atoms with van der Waals surface area (Å²) in [5, 5.41) is 5.69. The molecule has 0 fully saturated rings. The van der Waals surface area contributed by atoms with Crippen molar-refractivity contribution < 1.29 is 17.9 Å². The average molecular weight is 548 g/mol. The third-order valence-corrected chi connectivity index (χ3v) is 7.07. The van der Waals surface area contributed by atoms with Crippen LogP contribution in [0.3, 0.4) is 0 Å². The second-order valence-corrected chi connectivity index (χ2v) is 10.8. The molecule has 0 aliphatic rings. The molecule has 0 saturated heterocycles. The standard InChI is InChI=1S/C28H43N3O4S.C2H6/c1-5-8-11-15-18-30(4)28(32)23-21-25(31(19-9-6-2)20-10-7-3)27(26(22-23)36(29,33)34)35-24-16-13-12-14-17-24;1-2/h12-14,16-17,21-22H,5-11,15,18-20H2,1-4H3,(H2,29,33,34);1-2H3. The van der Waals surface area contributed by atoms with Gasteiger partial charge in [-0.2, -0.15) is 0 Å². The van der Waals surface area contributed by atoms with Crippen LogP contribution in [0, 0.1) is 0 Å². The maximum Gasteiger partial charge on any atom is 0.253 e. The molecule has 214 valence electrons. The van der Waals surface area contributed by atoms with E-state index in [2.05, 4.69) is 25.7 Å². The summed E-state index contributed by atoms with van der Waals surface area (Å²) in [4.78, 5) is 17.0. The summed E-state index contributed by atoms with van der Waals surface area (Å²) in [5.41, 5.74) is 0.875. The highest BCUT2D eigenvalue weighted by atomic mass is 32.2. The minimum Gasteiger partial charge on any atom is -0.454 e. The predicted molar refractivity (Wildman–Crippen MR) is 159 cm³/mol. The van der Waals surface area contributed by atoms with E-state index in [0.29, 0.717) is 23.5 Å². The van der Waals surface area contributed by atoms with Crippen molar-refractivity contribution in [2.75, 3.05) is 31.6 Å². The molecule has 0 radical (unpaired) electrons. The molecule has 0 spiro atoms. The fourth-order valence-corrected chi connectivity index (χ4v) is 4.71. The Morgan fingerprint density at radius 3 is 1.95 bits per heavy atom. The van der Waals surface area contributed by atoms with Crippen LogP contribution >= 0.6 is 0 Å². The molecule has 0 bridgehead atoms. The molecule has 0 heterocycles. The molecule has 7 nitrogen and oxygen atoms in total. The van der Waals surface area contributed by atoms with Crippen LogP contribution in [0.2, 0.25) is 0 Å². The summed E-state index contributed by atoms with van der Waals surface area (Å²) < 4.78 is 31.7. The number of carbonyl (C=O) groups is 1. The van der Waals surface area contributed by atoms with Gasteiger partial charge in [0.25, 0.3) is 5.91 Å². The lowest BCUT2D eigenvalue weighted by atomic mass is 10.1. The number of nitrogens with two attached hydrogens (primary N) is 1. The van der Waals surface area contributed by atoms with Crippen molar-refractivity contribution in [3.05, 3.63) is 48.0 Å². The van der Waals surface area contributed by atoms with Crippen molar-refractivity contribution in [3.63, 3.8) is 0 Å². The maximum absolute atomic E-state index is 13.4. The molecule has 2 aromatic carbocycles. The number of para-hydroxylation sites is 1. The minimum absolute atomic E-state index is 0.165. The van der Waals surface area contributed by atoms with E-state index in [1.165, 1.54) is 6.07 Å². The summed E-state index contributed by atoms with van der Waals surface area (Å²) in [6.07, 6.45) is 8.01. The number of amides is 1. The number of anilines is 1. The Hall–Kier alpha value is -2.58. The summed E-state index contributed by atoms with van der Waals surface area (Å²) in [7, 11) is -2.42. The van der Waals surface area contributed by atoms with Gasteiger partial charge in [-0.1, -0.05) is 84.9 Å². The third kappa shape index (κ3) is 10.7. The second kappa shape index (κ2) is 17.8. The zero-order valence-electron chi connectivity index (χ0n) is 24.3. The lowest BCUT2D eigenvalue weighted by molar-refractivity contribution is 0.0792. The number of sulfonamides is 1. The first-order valence-electron chi connectivity index (χ1n) is 14.2. The molecule has 0 aliphatic heterocycles. The van der Waals surface area contributed by atoms with Crippen LogP contribution in [-0.2, 0) is 10.0 Å². The number of hydrogen-bond donors (Lipinski definition) is 1. The van der Waals surface area contributed by atoms with Crippen molar-refractivity contribution in [2.24, 2.45) is 5.14 Å². The number of benzene rings is 2. The van der Waals surface area contributed by atoms with E-state index in [1.54, 1.807) is 30.1 Å². The van der Waals surface area contributed by atoms with Gasteiger partial charge in [0, 0.05) is 32.2 Å². The molecule has 2 N–H and O–H groups in total. The van der Waals surface area contributed by atoms with Gasteiger partial charge >= 0.3 is 0 Å². The molecule has 0 saturated carbocycles. The Morgan fingerprint density at radius 2 is 1.42 bits per heavy atom. The molecule has 8 heteroatoms. The fourth-order valence-electron chi connectivity index (χ4n) is 4.01. The van der Waals surface area contributed by atoms with Gasteiger partial charge in [-0.25, -0.2) is 13.6 Å². The first-order valence-corrected chi connectivity index (χ1v) is 15.7. The quantitative estimate of drug-likeness (QED) is 0.224. The Kier molecular flexibility index (Phi) is 15.7. The van der Waals surface area contributed by atoms with Crippen molar-refractivity contribution in [2.45, 2.75) is 90.9 Å². The molecule has 0 unspecified atom stereocenters. The van der Waals surface area contributed by atoms with Crippen LogP contribution in [0.4, 0.5) is 5.69 Å². The second-order valence-electron chi connectivity index (χ2n) is 9.26. The van der Waals surface area contributed by atoms with Crippen LogP contribution in [0.15, 0.2) is 47.4 Å². The Balaban J connectivity index is 0.00000352. The number of nitrogens with zero attached hydrogens (tertiary/aromatic N) is 2. The van der Waals surface area contributed by atoms with Gasteiger partial charge in [0.1, 0.15) is 10.6 Å². The highest BCUT2D eigenvalue weighted by molar-refractivity contribution is 7.89. The average Bonchev–Trinajstić information content (AvgIpc) is 2.92. The normalized spacial score (nSPS) is 10.9. The smallest absolute Gasteiger partial charge is 0.253 e. The number of rotatable bonds is 16. The zero-order valence-corrected chi connectivity index (χ0v) is 25.1. The van der Waals surface area contributed by atoms with Crippen LogP contribution in [0.5, 0.6) is 11.5 Å². The Labute approximate surface area is 231 Å². The summed E-state index contributed by atoms with van der Waals surface area (Å²) in [6, 6.07) is 12.2. The molecular weight excluding hydrogens is 498 g/mol. The highest BCUT2D eigenvalue weighted by Crippen LogP contribution is 2.40. The van der Waals surface area contributed by atoms with E-state index in [0.717, 1.165) is 64.5 Å². The molecule has 2 aromatic rings. The monoisotopic (exact) mass is 547 g/mol. The van der Waals surface area contributed by atoms with Crippen LogP contribution in [0.25, 0.3) is 0 Å². The van der Waals surface area contributed by atoms with Crippen LogP contribution in [-0.4, -0.2) is 45.9 Å². The maximum atomic E-state index is 13.4. The van der Waals surface area contributed by atoms with Crippen molar-refractivity contribution in [3.8, 4) is 11.5 Å². The fraction of sp³-hybridized carbons (Fsp3) is 0.567. The van der Waals surface area contributed by atoms with E-state index in [1.807, 2.05) is 32.0 Å². The third-order valence-electron chi connectivity index (χ3n) is 6.15. The molecule has 0 aromatic heterocycles. The molecule has 0 aliphatic carbocycles. The summed E-state index contributed by atoms with van der Waals surface area (Å²) >= 11 is 0. The number of unbranched alkanes of at least 4 members (excludes halogenated alkanes) is 5. The SMILES string of the molecule is CC.CCCCCCN(C)C(=O)c1cc(N(CCCC)CCCC)c(Oc2ccccc2)c(S(N)(=O)=O)c1. The van der Waals surface area contributed by atoms with E-state index in [9.17, 15) is 13.2 Å². The van der Waals surface area contributed by atoms with Crippen molar-refractivity contribution in [1.82, 2.24) is 4.90 Å². The lowest BCUT2D eigenvalue weighted by Crippen LogP contribution is -2.30. The minimum atomic E-state index is -4.18. The zero-order chi connectivity index (χ0) is 28.6. The summed E-state index contributed by atoms with van der Waals surface area (Å²) in [6.45, 7) is 12.4. The first kappa shape index (κ1) is 33.4. The van der Waals surface area contributed by atoms with Gasteiger partial charge in [-0.3, -0.25) is 4.79 Å². The van der Waals surface area contributed by atoms with E-state index < -0.39 is 10.0 Å². The Bertz CT molecular complexity index is 1050. The topological polar surface area (TPSA) is 92.9 Å². The number of hydrogen-bond acceptors (Lipinski definition) is 5. The highest BCUT2D eigenvalue weighted by Gasteiger charge is 2.27.